The predicted molar refractivity (Wildman–Crippen MR) is 76.5 cm³/mol. The molecule has 0 heterocycles. The molecule has 0 radical (unpaired) electrons. The van der Waals surface area contributed by atoms with Crippen molar-refractivity contribution in [2.45, 2.75) is 37.3 Å². The Kier molecular flexibility index (Phi) is 5.16. The van der Waals surface area contributed by atoms with Gasteiger partial charge in [0.25, 0.3) is 0 Å². The van der Waals surface area contributed by atoms with Gasteiger partial charge in [0.1, 0.15) is 0 Å². The molecule has 2 atom stereocenters. The van der Waals surface area contributed by atoms with Crippen molar-refractivity contribution in [3.05, 3.63) is 18.2 Å². The van der Waals surface area contributed by atoms with Gasteiger partial charge in [-0.05, 0) is 45.5 Å². The van der Waals surface area contributed by atoms with Crippen LogP contribution in [-0.2, 0) is 10.0 Å². The third kappa shape index (κ3) is 4.38. The summed E-state index contributed by atoms with van der Waals surface area (Å²) in [5, 5.41) is 12.4. The molecule has 0 aliphatic rings. The summed E-state index contributed by atoms with van der Waals surface area (Å²) in [5.74, 6) is 0. The van der Waals surface area contributed by atoms with Crippen LogP contribution in [0, 0.1) is 0 Å². The molecule has 6 nitrogen and oxygen atoms in total. The molecule has 0 spiro atoms. The second-order valence-corrected chi connectivity index (χ2v) is 6.47. The molecular weight excluding hydrogens is 266 g/mol. The zero-order chi connectivity index (χ0) is 14.6. The fourth-order valence-electron chi connectivity index (χ4n) is 1.78. The molecule has 0 fully saturated rings. The number of rotatable bonds is 6. The van der Waals surface area contributed by atoms with Crippen molar-refractivity contribution < 1.29 is 13.5 Å². The summed E-state index contributed by atoms with van der Waals surface area (Å²) in [6, 6.07) is 4.46. The summed E-state index contributed by atoms with van der Waals surface area (Å²) in [6.07, 6.45) is 0.107. The van der Waals surface area contributed by atoms with E-state index in [-0.39, 0.29) is 10.9 Å². The van der Waals surface area contributed by atoms with Crippen LogP contribution >= 0.6 is 0 Å². The van der Waals surface area contributed by atoms with E-state index >= 15 is 0 Å². The third-order valence-corrected chi connectivity index (χ3v) is 4.11. The van der Waals surface area contributed by atoms with Gasteiger partial charge in [0.05, 0.1) is 22.4 Å². The van der Waals surface area contributed by atoms with Gasteiger partial charge >= 0.3 is 0 Å². The maximum absolute atomic E-state index is 11.7. The van der Waals surface area contributed by atoms with Crippen molar-refractivity contribution in [3.63, 3.8) is 0 Å². The van der Waals surface area contributed by atoms with E-state index in [9.17, 15) is 13.5 Å². The van der Waals surface area contributed by atoms with Crippen molar-refractivity contribution in [1.29, 1.82) is 0 Å². The van der Waals surface area contributed by atoms with Crippen LogP contribution in [0.4, 0.5) is 11.4 Å². The molecule has 1 rings (SSSR count). The number of nitrogen functional groups attached to an aromatic ring is 1. The highest BCUT2D eigenvalue weighted by Crippen LogP contribution is 2.24. The Labute approximate surface area is 114 Å². The lowest BCUT2D eigenvalue weighted by Crippen LogP contribution is -2.22. The van der Waals surface area contributed by atoms with Gasteiger partial charge in [0.2, 0.25) is 10.0 Å². The lowest BCUT2D eigenvalue weighted by molar-refractivity contribution is 0.179. The number of hydrogen-bond acceptors (Lipinski definition) is 5. The zero-order valence-corrected chi connectivity index (χ0v) is 12.2. The highest BCUT2D eigenvalue weighted by atomic mass is 32.2. The first-order valence-electron chi connectivity index (χ1n) is 6.04. The molecule has 7 heteroatoms. The van der Waals surface area contributed by atoms with Crippen molar-refractivity contribution in [2.75, 3.05) is 18.1 Å². The summed E-state index contributed by atoms with van der Waals surface area (Å²) in [4.78, 5) is 0.149. The molecule has 0 aliphatic heterocycles. The lowest BCUT2D eigenvalue weighted by Gasteiger charge is -2.18. The first-order valence-corrected chi connectivity index (χ1v) is 7.52. The SMILES string of the molecule is CNS(=O)(=O)c1ccc(N)c(NC(C)CC(C)O)c1. The Morgan fingerprint density at radius 2 is 2.00 bits per heavy atom. The van der Waals surface area contributed by atoms with Crippen LogP contribution in [0.1, 0.15) is 20.3 Å². The molecule has 1 aromatic rings. The molecule has 0 amide bonds. The van der Waals surface area contributed by atoms with Crippen molar-refractivity contribution >= 4 is 21.4 Å². The van der Waals surface area contributed by atoms with Gasteiger partial charge in [-0.2, -0.15) is 0 Å². The highest BCUT2D eigenvalue weighted by molar-refractivity contribution is 7.89. The van der Waals surface area contributed by atoms with Crippen LogP contribution in [0.15, 0.2) is 23.1 Å². The first kappa shape index (κ1) is 15.7. The topological polar surface area (TPSA) is 104 Å². The van der Waals surface area contributed by atoms with E-state index in [2.05, 4.69) is 10.0 Å². The van der Waals surface area contributed by atoms with Crippen LogP contribution in [0.3, 0.4) is 0 Å². The first-order chi connectivity index (χ1) is 8.76. The maximum atomic E-state index is 11.7. The number of anilines is 2. The smallest absolute Gasteiger partial charge is 0.240 e. The van der Waals surface area contributed by atoms with Gasteiger partial charge in [-0.25, -0.2) is 13.1 Å². The molecule has 0 bridgehead atoms. The minimum Gasteiger partial charge on any atom is -0.397 e. The van der Waals surface area contributed by atoms with E-state index in [0.717, 1.165) is 0 Å². The van der Waals surface area contributed by atoms with E-state index in [1.54, 1.807) is 13.0 Å². The maximum Gasteiger partial charge on any atom is 0.240 e. The summed E-state index contributed by atoms with van der Waals surface area (Å²) in [6.45, 7) is 3.59. The molecule has 2 unspecified atom stereocenters. The molecule has 19 heavy (non-hydrogen) atoms. The number of benzene rings is 1. The summed E-state index contributed by atoms with van der Waals surface area (Å²) < 4.78 is 25.7. The molecular formula is C12H21N3O3S. The normalized spacial score (nSPS) is 14.9. The van der Waals surface area contributed by atoms with Crippen LogP contribution in [0.5, 0.6) is 0 Å². The molecule has 108 valence electrons. The van der Waals surface area contributed by atoms with Gasteiger partial charge in [0.15, 0.2) is 0 Å². The van der Waals surface area contributed by atoms with E-state index in [1.165, 1.54) is 19.2 Å². The molecule has 0 aliphatic carbocycles. The van der Waals surface area contributed by atoms with Gasteiger partial charge < -0.3 is 16.2 Å². The van der Waals surface area contributed by atoms with Gasteiger partial charge in [-0.3, -0.25) is 0 Å². The average molecular weight is 287 g/mol. The summed E-state index contributed by atoms with van der Waals surface area (Å²) >= 11 is 0. The molecule has 0 saturated carbocycles. The minimum atomic E-state index is -3.49. The standard InChI is InChI=1S/C12H21N3O3S/c1-8(6-9(2)16)15-12-7-10(4-5-11(12)13)19(17,18)14-3/h4-5,7-9,14-16H,6,13H2,1-3H3. The minimum absolute atomic E-state index is 0.0187. The molecule has 0 saturated heterocycles. The second-order valence-electron chi connectivity index (χ2n) is 4.59. The van der Waals surface area contributed by atoms with Crippen molar-refractivity contribution in [3.8, 4) is 0 Å². The Hall–Kier alpha value is -1.31. The zero-order valence-electron chi connectivity index (χ0n) is 11.3. The molecule has 5 N–H and O–H groups in total. The molecule has 0 aromatic heterocycles. The largest absolute Gasteiger partial charge is 0.397 e. The van der Waals surface area contributed by atoms with E-state index in [4.69, 9.17) is 5.73 Å². The van der Waals surface area contributed by atoms with Crippen molar-refractivity contribution in [1.82, 2.24) is 4.72 Å². The highest BCUT2D eigenvalue weighted by Gasteiger charge is 2.14. The summed E-state index contributed by atoms with van der Waals surface area (Å²) in [5.41, 5.74) is 6.82. The third-order valence-electron chi connectivity index (χ3n) is 2.70. The van der Waals surface area contributed by atoms with E-state index in [0.29, 0.717) is 17.8 Å². The number of aliphatic hydroxyl groups is 1. The van der Waals surface area contributed by atoms with Crippen molar-refractivity contribution in [2.24, 2.45) is 0 Å². The average Bonchev–Trinajstić information content (AvgIpc) is 2.30. The quantitative estimate of drug-likeness (QED) is 0.578. The van der Waals surface area contributed by atoms with E-state index < -0.39 is 16.1 Å². The van der Waals surface area contributed by atoms with Gasteiger partial charge in [0, 0.05) is 6.04 Å². The molecule has 1 aromatic carbocycles. The number of nitrogens with two attached hydrogens (primary N) is 1. The van der Waals surface area contributed by atoms with Gasteiger partial charge in [-0.15, -0.1) is 0 Å². The fraction of sp³-hybridized carbons (Fsp3) is 0.500. The predicted octanol–water partition coefficient (Wildman–Crippen LogP) is 0.748. The van der Waals surface area contributed by atoms with Crippen LogP contribution in [0.2, 0.25) is 0 Å². The fourth-order valence-corrected chi connectivity index (χ4v) is 2.54. The van der Waals surface area contributed by atoms with Crippen LogP contribution in [-0.4, -0.2) is 32.7 Å². The Morgan fingerprint density at radius 3 is 2.53 bits per heavy atom. The second kappa shape index (κ2) is 6.23. The number of sulfonamides is 1. The number of hydrogen-bond donors (Lipinski definition) is 4. The monoisotopic (exact) mass is 287 g/mol. The number of nitrogens with one attached hydrogen (secondary N) is 2. The van der Waals surface area contributed by atoms with Crippen LogP contribution in [0.25, 0.3) is 0 Å². The number of aliphatic hydroxyl groups excluding tert-OH is 1. The Balaban J connectivity index is 2.98. The lowest BCUT2D eigenvalue weighted by atomic mass is 10.1. The Bertz CT molecular complexity index is 529. The van der Waals surface area contributed by atoms with E-state index in [1.807, 2.05) is 6.92 Å². The van der Waals surface area contributed by atoms with Gasteiger partial charge in [-0.1, -0.05) is 0 Å². The Morgan fingerprint density at radius 1 is 1.37 bits per heavy atom. The van der Waals surface area contributed by atoms with Crippen LogP contribution < -0.4 is 15.8 Å². The summed E-state index contributed by atoms with van der Waals surface area (Å²) in [7, 11) is -2.14.